The van der Waals surface area contributed by atoms with Crippen molar-refractivity contribution in [3.8, 4) is 0 Å². The average Bonchev–Trinajstić information content (AvgIpc) is 1.61. The molecule has 0 aromatic heterocycles. The maximum Gasteiger partial charge on any atom is 0.131 e. The number of nitrogens with two attached hydrogens (primary N) is 1. The molecule has 0 bridgehead atoms. The average molecular weight is 135 g/mol. The van der Waals surface area contributed by atoms with Crippen LogP contribution in [0.15, 0.2) is 0 Å². The van der Waals surface area contributed by atoms with Crippen LogP contribution in [0.1, 0.15) is 13.3 Å². The van der Waals surface area contributed by atoms with E-state index in [0.717, 1.165) is 12.2 Å². The van der Waals surface area contributed by atoms with Crippen molar-refractivity contribution in [3.63, 3.8) is 0 Å². The summed E-state index contributed by atoms with van der Waals surface area (Å²) in [6.45, 7) is 2.10. The molecule has 0 aromatic rings. The van der Waals surface area contributed by atoms with Crippen LogP contribution in [0.3, 0.4) is 0 Å². The molecule has 0 aliphatic carbocycles. The topological polar surface area (TPSA) is 26.0 Å². The van der Waals surface area contributed by atoms with Crippen molar-refractivity contribution in [2.45, 2.75) is 13.3 Å². The molecule has 0 spiro atoms. The second-order valence-electron chi connectivity index (χ2n) is 1.17. The molecular weight excluding hydrogens is 126 g/mol. The van der Waals surface area contributed by atoms with Gasteiger partial charge in [0.15, 0.2) is 0 Å². The lowest BCUT2D eigenvalue weighted by atomic mass is 10.6. The van der Waals surface area contributed by atoms with Crippen molar-refractivity contribution in [1.29, 1.82) is 0 Å². The van der Waals surface area contributed by atoms with Gasteiger partial charge in [-0.05, 0) is 12.2 Å². The first-order valence-electron chi connectivity index (χ1n) is 2.19. The molecule has 0 heterocycles. The van der Waals surface area contributed by atoms with E-state index in [2.05, 4.69) is 19.1 Å². The van der Waals surface area contributed by atoms with Gasteiger partial charge in [0.25, 0.3) is 0 Å². The van der Waals surface area contributed by atoms with E-state index in [1.807, 2.05) is 0 Å². The number of hydrogen-bond donors (Lipinski definition) is 1. The molecule has 0 aromatic carbocycles. The van der Waals surface area contributed by atoms with Gasteiger partial charge >= 0.3 is 0 Å². The lowest BCUT2D eigenvalue weighted by Gasteiger charge is -1.90. The van der Waals surface area contributed by atoms with E-state index in [-0.39, 0.29) is 0 Å². The molecule has 0 radical (unpaired) electrons. The maximum absolute atomic E-state index is 5.17. The third kappa shape index (κ3) is 6.24. The van der Waals surface area contributed by atoms with Crippen LogP contribution in [0.5, 0.6) is 0 Å². The summed E-state index contributed by atoms with van der Waals surface area (Å²) in [6, 6.07) is 0. The smallest absolute Gasteiger partial charge is 0.131 e. The second kappa shape index (κ2) is 4.40. The zero-order valence-corrected chi connectivity index (χ0v) is 5.94. The van der Waals surface area contributed by atoms with E-state index in [4.69, 9.17) is 5.73 Å². The summed E-state index contributed by atoms with van der Waals surface area (Å²) in [5.74, 6) is 1.05. The highest BCUT2D eigenvalue weighted by Gasteiger charge is 1.84. The minimum absolute atomic E-state index is 0.557. The van der Waals surface area contributed by atoms with E-state index < -0.39 is 0 Å². The van der Waals surface area contributed by atoms with Crippen LogP contribution in [0.25, 0.3) is 0 Å². The standard InChI is InChI=1S/C4H9NS2/c1-2-3-7-4(5)6/h2-3H2,1H3,(H2,5,6). The van der Waals surface area contributed by atoms with Gasteiger partial charge in [-0.1, -0.05) is 30.9 Å². The van der Waals surface area contributed by atoms with E-state index in [1.165, 1.54) is 0 Å². The zero-order chi connectivity index (χ0) is 5.70. The Hall–Kier alpha value is 0.240. The van der Waals surface area contributed by atoms with Crippen molar-refractivity contribution >= 4 is 28.3 Å². The highest BCUT2D eigenvalue weighted by atomic mass is 32.2. The Morgan fingerprint density at radius 3 is 2.57 bits per heavy atom. The lowest BCUT2D eigenvalue weighted by Crippen LogP contribution is -2.01. The summed E-state index contributed by atoms with van der Waals surface area (Å²) in [5.41, 5.74) is 5.17. The van der Waals surface area contributed by atoms with E-state index in [0.29, 0.717) is 4.32 Å². The van der Waals surface area contributed by atoms with Crippen LogP contribution >= 0.6 is 24.0 Å². The van der Waals surface area contributed by atoms with Crippen molar-refractivity contribution in [3.05, 3.63) is 0 Å². The molecule has 1 nitrogen and oxygen atoms in total. The van der Waals surface area contributed by atoms with Gasteiger partial charge in [-0.3, -0.25) is 0 Å². The molecular formula is C4H9NS2. The molecule has 0 rings (SSSR count). The van der Waals surface area contributed by atoms with Crippen molar-refractivity contribution in [1.82, 2.24) is 0 Å². The van der Waals surface area contributed by atoms with Crippen LogP contribution in [0.4, 0.5) is 0 Å². The molecule has 0 atom stereocenters. The van der Waals surface area contributed by atoms with Gasteiger partial charge in [0.05, 0.1) is 0 Å². The Balaban J connectivity index is 2.82. The van der Waals surface area contributed by atoms with E-state index >= 15 is 0 Å². The number of rotatable bonds is 2. The minimum Gasteiger partial charge on any atom is -0.385 e. The minimum atomic E-state index is 0.557. The molecule has 0 unspecified atom stereocenters. The summed E-state index contributed by atoms with van der Waals surface area (Å²) in [4.78, 5) is 0. The van der Waals surface area contributed by atoms with Crippen LogP contribution in [0.2, 0.25) is 0 Å². The molecule has 42 valence electrons. The first-order chi connectivity index (χ1) is 3.27. The van der Waals surface area contributed by atoms with Crippen LogP contribution in [0, 0.1) is 0 Å². The summed E-state index contributed by atoms with van der Waals surface area (Å²) < 4.78 is 0.557. The third-order valence-electron chi connectivity index (χ3n) is 0.448. The van der Waals surface area contributed by atoms with Gasteiger partial charge in [0.2, 0.25) is 0 Å². The van der Waals surface area contributed by atoms with Gasteiger partial charge in [-0.25, -0.2) is 0 Å². The van der Waals surface area contributed by atoms with Gasteiger partial charge in [0.1, 0.15) is 4.32 Å². The van der Waals surface area contributed by atoms with Gasteiger partial charge in [-0.2, -0.15) is 0 Å². The molecule has 0 saturated carbocycles. The lowest BCUT2D eigenvalue weighted by molar-refractivity contribution is 1.11. The molecule has 0 fully saturated rings. The summed E-state index contributed by atoms with van der Waals surface area (Å²) in [7, 11) is 0. The fourth-order valence-electron chi connectivity index (χ4n) is 0.203. The van der Waals surface area contributed by atoms with E-state index in [1.54, 1.807) is 11.8 Å². The fourth-order valence-corrected chi connectivity index (χ4v) is 0.858. The summed E-state index contributed by atoms with van der Waals surface area (Å²) >= 11 is 6.14. The molecule has 7 heavy (non-hydrogen) atoms. The van der Waals surface area contributed by atoms with Crippen LogP contribution in [-0.2, 0) is 0 Å². The third-order valence-corrected chi connectivity index (χ3v) is 1.70. The number of hydrogen-bond acceptors (Lipinski definition) is 2. The zero-order valence-electron chi connectivity index (χ0n) is 4.31. The van der Waals surface area contributed by atoms with Gasteiger partial charge < -0.3 is 5.73 Å². The monoisotopic (exact) mass is 135 g/mol. The number of thiocarbonyl (C=S) groups is 1. The highest BCUT2D eigenvalue weighted by Crippen LogP contribution is 1.99. The predicted octanol–water partition coefficient (Wildman–Crippen LogP) is 1.37. The molecule has 0 amide bonds. The van der Waals surface area contributed by atoms with E-state index in [9.17, 15) is 0 Å². The Morgan fingerprint density at radius 1 is 1.86 bits per heavy atom. The van der Waals surface area contributed by atoms with Crippen molar-refractivity contribution in [2.24, 2.45) is 5.73 Å². The normalized spacial score (nSPS) is 8.71. The Kier molecular flexibility index (Phi) is 4.55. The van der Waals surface area contributed by atoms with Crippen LogP contribution < -0.4 is 5.73 Å². The molecule has 2 N–H and O–H groups in total. The summed E-state index contributed by atoms with van der Waals surface area (Å²) in [5, 5.41) is 0. The Labute approximate surface area is 53.7 Å². The molecule has 0 saturated heterocycles. The summed E-state index contributed by atoms with van der Waals surface area (Å²) in [6.07, 6.45) is 1.14. The first-order valence-corrected chi connectivity index (χ1v) is 3.59. The first kappa shape index (κ1) is 7.24. The quantitative estimate of drug-likeness (QED) is 0.579. The van der Waals surface area contributed by atoms with Crippen LogP contribution in [-0.4, -0.2) is 10.1 Å². The molecule has 0 aliphatic heterocycles. The number of thioether (sulfide) groups is 1. The Morgan fingerprint density at radius 2 is 2.43 bits per heavy atom. The Bertz CT molecular complexity index is 62.7. The largest absolute Gasteiger partial charge is 0.385 e. The van der Waals surface area contributed by atoms with Gasteiger partial charge in [0, 0.05) is 0 Å². The second-order valence-corrected chi connectivity index (χ2v) is 3.00. The maximum atomic E-state index is 5.17. The van der Waals surface area contributed by atoms with Gasteiger partial charge in [-0.15, -0.1) is 0 Å². The fraction of sp³-hybridized carbons (Fsp3) is 0.750. The predicted molar refractivity (Wildman–Crippen MR) is 39.5 cm³/mol. The van der Waals surface area contributed by atoms with Crippen molar-refractivity contribution < 1.29 is 0 Å². The highest BCUT2D eigenvalue weighted by molar-refractivity contribution is 8.22. The SMILES string of the molecule is CCCSC(N)=S. The molecule has 3 heteroatoms. The molecule has 0 aliphatic rings. The van der Waals surface area contributed by atoms with Crippen molar-refractivity contribution in [2.75, 3.05) is 5.75 Å².